The lowest BCUT2D eigenvalue weighted by atomic mass is 10.1. The van der Waals surface area contributed by atoms with E-state index in [-0.39, 0.29) is 0 Å². The number of nitrogens with zero attached hydrogens (tertiary/aromatic N) is 3. The van der Waals surface area contributed by atoms with Crippen LogP contribution in [0, 0.1) is 6.92 Å². The molecule has 116 valence electrons. The van der Waals surface area contributed by atoms with Gasteiger partial charge in [0.05, 0.1) is 34.3 Å². The highest BCUT2D eigenvalue weighted by Crippen LogP contribution is 2.36. The van der Waals surface area contributed by atoms with Crippen molar-refractivity contribution < 1.29 is 8.94 Å². The molecular formula is C16H11Cl2N3O2. The molecule has 0 bridgehead atoms. The molecule has 1 aromatic carbocycles. The molecule has 5 nitrogen and oxygen atoms in total. The first-order valence-corrected chi connectivity index (χ1v) is 7.43. The fraction of sp³-hybridized carbons (Fsp3) is 0.0625. The van der Waals surface area contributed by atoms with Crippen LogP contribution in [0.3, 0.4) is 0 Å². The Morgan fingerprint density at radius 2 is 1.78 bits per heavy atom. The molecule has 0 spiro atoms. The average Bonchev–Trinajstić information content (AvgIpc) is 3.15. The lowest BCUT2D eigenvalue weighted by molar-refractivity contribution is 0.399. The highest BCUT2D eigenvalue weighted by molar-refractivity contribution is 6.39. The number of aryl methyl sites for hydroxylation is 1. The average molecular weight is 348 g/mol. The smallest absolute Gasteiger partial charge is 0.146 e. The molecule has 23 heavy (non-hydrogen) atoms. The summed E-state index contributed by atoms with van der Waals surface area (Å²) < 4.78 is 10.4. The Kier molecular flexibility index (Phi) is 4.60. The summed E-state index contributed by atoms with van der Waals surface area (Å²) in [6.07, 6.45) is 4.61. The molecule has 3 rings (SSSR count). The summed E-state index contributed by atoms with van der Waals surface area (Å²) in [6, 6.07) is 8.79. The zero-order chi connectivity index (χ0) is 16.2. The normalized spacial score (nSPS) is 11.8. The van der Waals surface area contributed by atoms with E-state index in [1.807, 2.05) is 0 Å². The summed E-state index contributed by atoms with van der Waals surface area (Å²) >= 11 is 12.4. The minimum absolute atomic E-state index is 0.486. The molecule has 0 N–H and O–H groups in total. The molecule has 0 aliphatic rings. The van der Waals surface area contributed by atoms with Crippen molar-refractivity contribution in [2.24, 2.45) is 10.2 Å². The Balaban J connectivity index is 1.93. The second kappa shape index (κ2) is 6.81. The number of hydrogen-bond acceptors (Lipinski definition) is 5. The zero-order valence-electron chi connectivity index (χ0n) is 12.0. The van der Waals surface area contributed by atoms with E-state index in [0.717, 1.165) is 0 Å². The Morgan fingerprint density at radius 3 is 2.48 bits per heavy atom. The molecule has 0 radical (unpaired) electrons. The Hall–Kier alpha value is -2.37. The van der Waals surface area contributed by atoms with Crippen LogP contribution in [0.2, 0.25) is 10.0 Å². The van der Waals surface area contributed by atoms with Gasteiger partial charge in [-0.15, -0.1) is 0 Å². The van der Waals surface area contributed by atoms with E-state index in [0.29, 0.717) is 38.4 Å². The topological polar surface area (TPSA) is 63.9 Å². The summed E-state index contributed by atoms with van der Waals surface area (Å²) in [6.45, 7) is 1.78. The minimum Gasteiger partial charge on any atom is -0.463 e. The molecule has 0 saturated heterocycles. The predicted octanol–water partition coefficient (Wildman–Crippen LogP) is 5.00. The maximum Gasteiger partial charge on any atom is 0.146 e. The monoisotopic (exact) mass is 347 g/mol. The van der Waals surface area contributed by atoms with Crippen LogP contribution in [0.4, 0.5) is 0 Å². The van der Waals surface area contributed by atoms with Gasteiger partial charge in [-0.25, -0.2) is 0 Å². The number of halogens is 2. The molecule has 7 heteroatoms. The molecule has 0 unspecified atom stereocenters. The van der Waals surface area contributed by atoms with Crippen LogP contribution in [0.1, 0.15) is 17.1 Å². The molecule has 2 heterocycles. The maximum absolute atomic E-state index is 6.22. The van der Waals surface area contributed by atoms with Gasteiger partial charge in [0.2, 0.25) is 0 Å². The van der Waals surface area contributed by atoms with Crippen molar-refractivity contribution in [1.82, 2.24) is 5.16 Å². The third-order valence-electron chi connectivity index (χ3n) is 3.09. The fourth-order valence-electron chi connectivity index (χ4n) is 1.98. The molecule has 0 amide bonds. The summed E-state index contributed by atoms with van der Waals surface area (Å²) in [4.78, 5) is 0. The van der Waals surface area contributed by atoms with Gasteiger partial charge in [0.15, 0.2) is 0 Å². The van der Waals surface area contributed by atoms with E-state index < -0.39 is 0 Å². The number of furan rings is 1. The van der Waals surface area contributed by atoms with Gasteiger partial charge in [-0.05, 0) is 31.2 Å². The van der Waals surface area contributed by atoms with Gasteiger partial charge in [0.1, 0.15) is 17.2 Å². The second-order valence-corrected chi connectivity index (χ2v) is 5.42. The van der Waals surface area contributed by atoms with Gasteiger partial charge in [0.25, 0.3) is 0 Å². The second-order valence-electron chi connectivity index (χ2n) is 4.60. The molecule has 0 fully saturated rings. The Labute approximate surface area is 142 Å². The van der Waals surface area contributed by atoms with Crippen molar-refractivity contribution in [1.29, 1.82) is 0 Å². The zero-order valence-corrected chi connectivity index (χ0v) is 13.5. The maximum atomic E-state index is 6.22. The predicted molar refractivity (Wildman–Crippen MR) is 90.6 cm³/mol. The van der Waals surface area contributed by atoms with Gasteiger partial charge in [-0.2, -0.15) is 10.2 Å². The number of benzene rings is 1. The van der Waals surface area contributed by atoms with Crippen LogP contribution < -0.4 is 0 Å². The van der Waals surface area contributed by atoms with E-state index >= 15 is 0 Å². The highest BCUT2D eigenvalue weighted by atomic mass is 35.5. The van der Waals surface area contributed by atoms with E-state index in [4.69, 9.17) is 32.1 Å². The number of aromatic nitrogens is 1. The van der Waals surface area contributed by atoms with Gasteiger partial charge < -0.3 is 8.94 Å². The lowest BCUT2D eigenvalue weighted by Gasteiger charge is -2.03. The number of rotatable bonds is 4. The van der Waals surface area contributed by atoms with Crippen LogP contribution in [0.25, 0.3) is 11.3 Å². The van der Waals surface area contributed by atoms with Crippen molar-refractivity contribution in [3.63, 3.8) is 0 Å². The van der Waals surface area contributed by atoms with E-state index in [1.54, 1.807) is 49.7 Å². The van der Waals surface area contributed by atoms with Crippen LogP contribution in [-0.2, 0) is 0 Å². The van der Waals surface area contributed by atoms with Crippen LogP contribution in [0.15, 0.2) is 55.7 Å². The summed E-state index contributed by atoms with van der Waals surface area (Å²) in [5.41, 5.74) is 1.79. The highest BCUT2D eigenvalue weighted by Gasteiger charge is 2.18. The van der Waals surface area contributed by atoms with Gasteiger partial charge in [-0.1, -0.05) is 34.4 Å². The molecule has 0 atom stereocenters. The quantitative estimate of drug-likeness (QED) is 0.492. The molecular weight excluding hydrogens is 337 g/mol. The Bertz CT molecular complexity index is 847. The van der Waals surface area contributed by atoms with Crippen molar-refractivity contribution in [2.75, 3.05) is 0 Å². The molecule has 0 saturated carbocycles. The first-order chi connectivity index (χ1) is 11.2. The van der Waals surface area contributed by atoms with Crippen molar-refractivity contribution in [2.45, 2.75) is 6.92 Å². The summed E-state index contributed by atoms with van der Waals surface area (Å²) in [7, 11) is 0. The third-order valence-corrected chi connectivity index (χ3v) is 3.72. The summed E-state index contributed by atoms with van der Waals surface area (Å²) in [5, 5.41) is 12.9. The van der Waals surface area contributed by atoms with E-state index in [1.165, 1.54) is 6.21 Å². The van der Waals surface area contributed by atoms with Gasteiger partial charge in [-0.3, -0.25) is 0 Å². The first kappa shape index (κ1) is 15.5. The molecule has 2 aromatic heterocycles. The first-order valence-electron chi connectivity index (χ1n) is 6.67. The van der Waals surface area contributed by atoms with Crippen LogP contribution in [-0.4, -0.2) is 17.6 Å². The van der Waals surface area contributed by atoms with Crippen molar-refractivity contribution in [3.8, 4) is 11.3 Å². The van der Waals surface area contributed by atoms with Gasteiger partial charge in [0, 0.05) is 5.56 Å². The van der Waals surface area contributed by atoms with Crippen LogP contribution in [0.5, 0.6) is 0 Å². The molecule has 0 aliphatic heterocycles. The third kappa shape index (κ3) is 3.36. The molecule has 3 aromatic rings. The molecule has 0 aliphatic carbocycles. The number of hydrogen-bond donors (Lipinski definition) is 0. The van der Waals surface area contributed by atoms with Crippen LogP contribution >= 0.6 is 23.2 Å². The Morgan fingerprint density at radius 1 is 1.04 bits per heavy atom. The fourth-order valence-corrected chi connectivity index (χ4v) is 2.56. The summed E-state index contributed by atoms with van der Waals surface area (Å²) in [5.74, 6) is 1.20. The SMILES string of the molecule is Cc1onc(-c2c(Cl)cccc2Cl)c1/C=N/N=C/c1ccco1. The lowest BCUT2D eigenvalue weighted by Crippen LogP contribution is -1.89. The van der Waals surface area contributed by atoms with Crippen molar-refractivity contribution in [3.05, 3.63) is 63.7 Å². The standard InChI is InChI=1S/C16H11Cl2N3O2/c1-10-12(9-20-19-8-11-4-3-7-22-11)16(21-23-10)15-13(17)5-2-6-14(15)18/h2-9H,1H3/b19-8+,20-9+. The van der Waals surface area contributed by atoms with E-state index in [2.05, 4.69) is 15.4 Å². The minimum atomic E-state index is 0.486. The largest absolute Gasteiger partial charge is 0.463 e. The van der Waals surface area contributed by atoms with Gasteiger partial charge >= 0.3 is 0 Å². The van der Waals surface area contributed by atoms with E-state index in [9.17, 15) is 0 Å². The van der Waals surface area contributed by atoms with Crippen molar-refractivity contribution >= 4 is 35.6 Å².